The lowest BCUT2D eigenvalue weighted by molar-refractivity contribution is -0.127. The van der Waals surface area contributed by atoms with Crippen LogP contribution < -0.4 is 10.6 Å². The second-order valence-electron chi connectivity index (χ2n) is 8.79. The average molecular weight is 520 g/mol. The fraction of sp³-hybridized carbons (Fsp3) is 0.909. The van der Waals surface area contributed by atoms with Crippen LogP contribution in [0.3, 0.4) is 0 Å². The number of likely N-dealkylation sites (tertiary alicyclic amines) is 2. The molecule has 0 bridgehead atoms. The molecular formula is C22H42IN5O. The number of guanidine groups is 1. The van der Waals surface area contributed by atoms with Gasteiger partial charge in [0.25, 0.3) is 0 Å². The molecule has 1 amide bonds. The number of halogens is 1. The number of aliphatic imine (C=N–C) groups is 1. The molecule has 0 unspecified atom stereocenters. The first-order valence-corrected chi connectivity index (χ1v) is 11.8. The van der Waals surface area contributed by atoms with Gasteiger partial charge in [-0.2, -0.15) is 0 Å². The molecule has 2 heterocycles. The lowest BCUT2D eigenvalue weighted by atomic mass is 9.79. The third kappa shape index (κ3) is 7.26. The largest absolute Gasteiger partial charge is 0.357 e. The Morgan fingerprint density at radius 1 is 1.00 bits per heavy atom. The van der Waals surface area contributed by atoms with Crippen molar-refractivity contribution in [3.8, 4) is 0 Å². The van der Waals surface area contributed by atoms with Crippen LogP contribution in [0.1, 0.15) is 77.6 Å². The first-order chi connectivity index (χ1) is 13.7. The summed E-state index contributed by atoms with van der Waals surface area (Å²) >= 11 is 0. The van der Waals surface area contributed by atoms with Gasteiger partial charge in [-0.15, -0.1) is 24.0 Å². The van der Waals surface area contributed by atoms with E-state index in [1.807, 2.05) is 4.90 Å². The molecular weight excluding hydrogens is 477 g/mol. The van der Waals surface area contributed by atoms with E-state index >= 15 is 0 Å². The number of nitrogens with one attached hydrogen (secondary N) is 2. The SMILES string of the molecule is CCNC(=NCC1(N2CCCCC2)CCCCC1)NCCCN1CCCC1=O.I. The Morgan fingerprint density at radius 2 is 1.72 bits per heavy atom. The molecule has 1 aliphatic carbocycles. The number of carbonyl (C=O) groups is 1. The molecule has 0 aromatic rings. The predicted molar refractivity (Wildman–Crippen MR) is 131 cm³/mol. The van der Waals surface area contributed by atoms with Crippen LogP contribution in [0.2, 0.25) is 0 Å². The highest BCUT2D eigenvalue weighted by Gasteiger charge is 2.38. The molecule has 0 radical (unpaired) electrons. The standard InChI is InChI=1S/C22H41N5O.HI/c1-2-23-21(24-14-10-16-26-15-9-11-20(26)28)25-19-22(12-5-3-6-13-22)27-17-7-4-8-18-27;/h2-19H2,1H3,(H2,23,24,25);1H. The topological polar surface area (TPSA) is 60.0 Å². The highest BCUT2D eigenvalue weighted by atomic mass is 127. The Balaban J connectivity index is 0.00000300. The molecule has 0 atom stereocenters. The Bertz CT molecular complexity index is 515. The van der Waals surface area contributed by atoms with E-state index in [0.29, 0.717) is 5.91 Å². The summed E-state index contributed by atoms with van der Waals surface area (Å²) < 4.78 is 0. The van der Waals surface area contributed by atoms with Gasteiger partial charge in [0.1, 0.15) is 0 Å². The molecule has 3 aliphatic rings. The minimum absolute atomic E-state index is 0. The molecule has 3 rings (SSSR count). The molecule has 3 fully saturated rings. The van der Waals surface area contributed by atoms with E-state index in [1.54, 1.807) is 0 Å². The Hall–Kier alpha value is -0.570. The summed E-state index contributed by atoms with van der Waals surface area (Å²) in [6.07, 6.45) is 13.5. The number of rotatable bonds is 8. The van der Waals surface area contributed by atoms with Gasteiger partial charge in [-0.3, -0.25) is 14.7 Å². The molecule has 2 saturated heterocycles. The summed E-state index contributed by atoms with van der Waals surface area (Å²) in [6.45, 7) is 9.09. The van der Waals surface area contributed by atoms with Crippen molar-refractivity contribution in [1.29, 1.82) is 0 Å². The molecule has 0 aromatic heterocycles. The van der Waals surface area contributed by atoms with Crippen LogP contribution in [0.4, 0.5) is 0 Å². The van der Waals surface area contributed by atoms with E-state index in [2.05, 4.69) is 22.5 Å². The van der Waals surface area contributed by atoms with Gasteiger partial charge >= 0.3 is 0 Å². The molecule has 0 spiro atoms. The summed E-state index contributed by atoms with van der Waals surface area (Å²) in [6, 6.07) is 0. The Kier molecular flexibility index (Phi) is 11.0. The zero-order valence-electron chi connectivity index (χ0n) is 18.4. The first-order valence-electron chi connectivity index (χ1n) is 11.8. The summed E-state index contributed by atoms with van der Waals surface area (Å²) in [5.41, 5.74) is 0.281. The Labute approximate surface area is 194 Å². The summed E-state index contributed by atoms with van der Waals surface area (Å²) in [5, 5.41) is 6.92. The third-order valence-electron chi connectivity index (χ3n) is 6.76. The van der Waals surface area contributed by atoms with Crippen LogP contribution in [0.25, 0.3) is 0 Å². The van der Waals surface area contributed by atoms with E-state index in [9.17, 15) is 4.79 Å². The molecule has 6 nitrogen and oxygen atoms in total. The summed E-state index contributed by atoms with van der Waals surface area (Å²) in [7, 11) is 0. The van der Waals surface area contributed by atoms with Gasteiger partial charge in [0.05, 0.1) is 6.54 Å². The van der Waals surface area contributed by atoms with Crippen molar-refractivity contribution in [3.05, 3.63) is 0 Å². The van der Waals surface area contributed by atoms with Crippen LogP contribution in [0.5, 0.6) is 0 Å². The maximum atomic E-state index is 11.7. The fourth-order valence-electron chi connectivity index (χ4n) is 5.14. The number of carbonyl (C=O) groups excluding carboxylic acids is 1. The first kappa shape index (κ1) is 24.7. The maximum absolute atomic E-state index is 11.7. The third-order valence-corrected chi connectivity index (χ3v) is 6.76. The number of hydrogen-bond acceptors (Lipinski definition) is 3. The molecule has 2 N–H and O–H groups in total. The smallest absolute Gasteiger partial charge is 0.222 e. The quantitative estimate of drug-likeness (QED) is 0.224. The monoisotopic (exact) mass is 519 g/mol. The van der Waals surface area contributed by atoms with Crippen LogP contribution in [-0.4, -0.2) is 73.0 Å². The number of amides is 1. The molecule has 29 heavy (non-hydrogen) atoms. The van der Waals surface area contributed by atoms with E-state index in [0.717, 1.165) is 57.9 Å². The molecule has 1 saturated carbocycles. The molecule has 168 valence electrons. The number of hydrogen-bond donors (Lipinski definition) is 2. The summed E-state index contributed by atoms with van der Waals surface area (Å²) in [4.78, 5) is 21.5. The van der Waals surface area contributed by atoms with Gasteiger partial charge in [-0.1, -0.05) is 25.7 Å². The molecule has 2 aliphatic heterocycles. The van der Waals surface area contributed by atoms with Crippen molar-refractivity contribution in [1.82, 2.24) is 20.4 Å². The zero-order valence-corrected chi connectivity index (χ0v) is 20.7. The van der Waals surface area contributed by atoms with Gasteiger partial charge in [-0.25, -0.2) is 0 Å². The van der Waals surface area contributed by atoms with Gasteiger partial charge in [0.15, 0.2) is 5.96 Å². The average Bonchev–Trinajstić information content (AvgIpc) is 3.15. The predicted octanol–water partition coefficient (Wildman–Crippen LogP) is 3.36. The van der Waals surface area contributed by atoms with E-state index in [-0.39, 0.29) is 29.5 Å². The van der Waals surface area contributed by atoms with Crippen molar-refractivity contribution in [2.45, 2.75) is 83.1 Å². The zero-order chi connectivity index (χ0) is 19.7. The number of piperidine rings is 1. The van der Waals surface area contributed by atoms with Crippen molar-refractivity contribution < 1.29 is 4.79 Å². The lowest BCUT2D eigenvalue weighted by Gasteiger charge is -2.47. The van der Waals surface area contributed by atoms with Crippen LogP contribution in [0.15, 0.2) is 4.99 Å². The van der Waals surface area contributed by atoms with E-state index < -0.39 is 0 Å². The second kappa shape index (κ2) is 13.0. The van der Waals surface area contributed by atoms with Crippen molar-refractivity contribution >= 4 is 35.8 Å². The van der Waals surface area contributed by atoms with Crippen LogP contribution in [-0.2, 0) is 4.79 Å². The van der Waals surface area contributed by atoms with Crippen LogP contribution >= 0.6 is 24.0 Å². The van der Waals surface area contributed by atoms with E-state index in [4.69, 9.17) is 4.99 Å². The Morgan fingerprint density at radius 3 is 2.38 bits per heavy atom. The maximum Gasteiger partial charge on any atom is 0.222 e. The van der Waals surface area contributed by atoms with E-state index in [1.165, 1.54) is 64.5 Å². The lowest BCUT2D eigenvalue weighted by Crippen LogP contribution is -2.54. The summed E-state index contributed by atoms with van der Waals surface area (Å²) in [5.74, 6) is 1.26. The molecule has 0 aromatic carbocycles. The molecule has 7 heteroatoms. The van der Waals surface area contributed by atoms with Gasteiger partial charge in [0.2, 0.25) is 5.91 Å². The second-order valence-corrected chi connectivity index (χ2v) is 8.79. The normalized spacial score (nSPS) is 23.0. The number of nitrogens with zero attached hydrogens (tertiary/aromatic N) is 3. The highest BCUT2D eigenvalue weighted by Crippen LogP contribution is 2.35. The van der Waals surface area contributed by atoms with Crippen molar-refractivity contribution in [3.63, 3.8) is 0 Å². The van der Waals surface area contributed by atoms with Crippen molar-refractivity contribution in [2.24, 2.45) is 4.99 Å². The van der Waals surface area contributed by atoms with Gasteiger partial charge < -0.3 is 15.5 Å². The highest BCUT2D eigenvalue weighted by molar-refractivity contribution is 14.0. The fourth-order valence-corrected chi connectivity index (χ4v) is 5.14. The van der Waals surface area contributed by atoms with Crippen LogP contribution in [0, 0.1) is 0 Å². The van der Waals surface area contributed by atoms with Gasteiger partial charge in [-0.05, 0) is 58.5 Å². The van der Waals surface area contributed by atoms with Crippen molar-refractivity contribution in [2.75, 3.05) is 45.8 Å². The minimum Gasteiger partial charge on any atom is -0.357 e. The minimum atomic E-state index is 0. The van der Waals surface area contributed by atoms with Gasteiger partial charge in [0, 0.05) is 38.1 Å².